The van der Waals surface area contributed by atoms with Crippen molar-refractivity contribution in [3.05, 3.63) is 92.2 Å². The molecule has 4 aliphatic heterocycles. The van der Waals surface area contributed by atoms with Crippen LogP contribution in [0, 0.1) is 5.92 Å². The summed E-state index contributed by atoms with van der Waals surface area (Å²) in [5, 5.41) is 19.1. The Morgan fingerprint density at radius 1 is 0.746 bits per heavy atom. The molecule has 8 rings (SSSR count). The lowest BCUT2D eigenvalue weighted by molar-refractivity contribution is -0.142. The van der Waals surface area contributed by atoms with Crippen LogP contribution in [0.2, 0.25) is 15.3 Å². The Labute approximate surface area is 355 Å². The van der Waals surface area contributed by atoms with E-state index in [0.29, 0.717) is 50.1 Å². The Morgan fingerprint density at radius 2 is 1.20 bits per heavy atom. The van der Waals surface area contributed by atoms with Crippen LogP contribution in [0.25, 0.3) is 22.5 Å². The van der Waals surface area contributed by atoms with Crippen LogP contribution in [0.1, 0.15) is 77.2 Å². The molecule has 4 N–H and O–H groups in total. The zero-order chi connectivity index (χ0) is 42.4. The van der Waals surface area contributed by atoms with Gasteiger partial charge in [0.1, 0.15) is 17.9 Å². The number of carbonyl (C=O) groups excluding carboxylic acids is 2. The van der Waals surface area contributed by atoms with Crippen LogP contribution in [-0.4, -0.2) is 108 Å². The summed E-state index contributed by atoms with van der Waals surface area (Å²) in [6.45, 7) is 6.80. The molecule has 2 fully saturated rings. The molecule has 2 amide bonds. The highest BCUT2D eigenvalue weighted by molar-refractivity contribution is 6.34. The molecule has 0 spiro atoms. The van der Waals surface area contributed by atoms with Crippen molar-refractivity contribution in [1.29, 1.82) is 0 Å². The Hall–Kier alpha value is -4.77. The molecule has 0 bridgehead atoms. The van der Waals surface area contributed by atoms with Gasteiger partial charge in [0.25, 0.3) is 11.8 Å². The number of fused-ring (bicyclic) bond motifs is 2. The number of hydrogen-bond donors (Lipinski definition) is 3. The van der Waals surface area contributed by atoms with Gasteiger partial charge in [0.2, 0.25) is 5.28 Å². The Morgan fingerprint density at radius 3 is 1.66 bits per heavy atom. The highest BCUT2D eigenvalue weighted by atomic mass is 35.5. The van der Waals surface area contributed by atoms with Gasteiger partial charge in [-0.1, -0.05) is 47.5 Å². The van der Waals surface area contributed by atoms with Crippen LogP contribution in [0.4, 0.5) is 0 Å². The lowest BCUT2D eigenvalue weighted by Crippen LogP contribution is -2.38. The predicted octanol–water partition coefficient (Wildman–Crippen LogP) is 6.20. The molecule has 4 aliphatic rings. The summed E-state index contributed by atoms with van der Waals surface area (Å²) >= 11 is 18.2. The smallest absolute Gasteiger partial charge is 0.326 e. The maximum Gasteiger partial charge on any atom is 0.326 e. The molecule has 2 atom stereocenters. The van der Waals surface area contributed by atoms with Gasteiger partial charge in [-0.3, -0.25) is 9.59 Å². The second-order valence-corrected chi connectivity index (χ2v) is 15.8. The number of rotatable bonds is 8. The molecule has 15 nitrogen and oxygen atoms in total. The zero-order valence-corrected chi connectivity index (χ0v) is 34.7. The first-order valence-corrected chi connectivity index (χ1v) is 20.3. The third kappa shape index (κ3) is 10.5. The van der Waals surface area contributed by atoms with Gasteiger partial charge in [0.05, 0.1) is 27.6 Å². The molecule has 0 aliphatic carbocycles. The van der Waals surface area contributed by atoms with E-state index in [1.807, 2.05) is 12.1 Å². The second kappa shape index (κ2) is 19.5. The second-order valence-electron chi connectivity index (χ2n) is 14.7. The number of hydrogen-bond acceptors (Lipinski definition) is 11. The Kier molecular flexibility index (Phi) is 14.5. The van der Waals surface area contributed by atoms with E-state index in [-0.39, 0.29) is 30.2 Å². The van der Waals surface area contributed by atoms with Crippen LogP contribution < -0.4 is 5.73 Å². The monoisotopic (exact) mass is 867 g/mol. The molecule has 18 heteroatoms. The quantitative estimate of drug-likeness (QED) is 0.169. The highest BCUT2D eigenvalue weighted by Gasteiger charge is 2.35. The van der Waals surface area contributed by atoms with E-state index in [1.54, 1.807) is 30.5 Å². The summed E-state index contributed by atoms with van der Waals surface area (Å²) in [6, 6.07) is 9.28. The van der Waals surface area contributed by atoms with E-state index >= 15 is 0 Å². The van der Waals surface area contributed by atoms with Crippen molar-refractivity contribution >= 4 is 58.6 Å². The standard InChI is InChI=1S/C21H22ClN3O4.C15H11Cl2N3O3.C5H11NO/c1-12(21(27)28)25-11-15-3-2-14(9-16(15)20(25)26)19-17(22)10-23-18(24-19)8-13-4-6-29-7-5-13;1-7(14(22)23)20-6-9-3-2-8(4-10(9)13(20)21)12-11(16)5-18-15(17)19-12;6-5-1-3-7-4-2-5/h2-3,9-10,12-13H,4-8,11H2,1H3,(H,27,28);2-5,7H,6H2,1H3,(H,22,23);5H,1-4,6H2/t12-;7-;/m11./s1. The summed E-state index contributed by atoms with van der Waals surface area (Å²) in [5.74, 6) is -1.47. The first-order chi connectivity index (χ1) is 28.2. The van der Waals surface area contributed by atoms with Gasteiger partial charge in [0.15, 0.2) is 0 Å². The SMILES string of the molecule is C[C@H](C(=O)O)N1Cc2ccc(-c3nc(CC4CCOCC4)ncc3Cl)cc2C1=O.C[C@H](C(=O)O)N1Cc2ccc(-c3nc(Cl)ncc3Cl)cc2C1=O.NC1CCOCC1. The maximum absolute atomic E-state index is 12.7. The fourth-order valence-electron chi connectivity index (χ4n) is 7.01. The minimum atomic E-state index is -1.04. The fraction of sp³-hybridized carbons (Fsp3) is 0.415. The minimum Gasteiger partial charge on any atom is -0.480 e. The number of ether oxygens (including phenoxy) is 2. The van der Waals surface area contributed by atoms with Gasteiger partial charge in [-0.05, 0) is 80.3 Å². The van der Waals surface area contributed by atoms with Crippen molar-refractivity contribution < 1.29 is 38.9 Å². The number of benzene rings is 2. The number of aromatic nitrogens is 4. The first-order valence-electron chi connectivity index (χ1n) is 19.2. The first kappa shape index (κ1) is 43.8. The van der Waals surface area contributed by atoms with Crippen LogP contribution in [0.15, 0.2) is 48.8 Å². The minimum absolute atomic E-state index is 0.0531. The molecule has 0 saturated carbocycles. The number of carboxylic acid groups (broad SMARTS) is 2. The molecule has 0 unspecified atom stereocenters. The van der Waals surface area contributed by atoms with Crippen molar-refractivity contribution in [2.45, 2.75) is 77.2 Å². The molecule has 4 aromatic rings. The largest absolute Gasteiger partial charge is 0.480 e. The van der Waals surface area contributed by atoms with Gasteiger partial charge in [0, 0.05) is 80.4 Å². The lowest BCUT2D eigenvalue weighted by Gasteiger charge is -2.21. The fourth-order valence-corrected chi connectivity index (χ4v) is 7.54. The van der Waals surface area contributed by atoms with E-state index in [4.69, 9.17) is 55.1 Å². The van der Waals surface area contributed by atoms with Crippen LogP contribution >= 0.6 is 34.8 Å². The number of nitrogens with two attached hydrogens (primary N) is 1. The van der Waals surface area contributed by atoms with E-state index < -0.39 is 24.0 Å². The van der Waals surface area contributed by atoms with Crippen molar-refractivity contribution in [3.63, 3.8) is 0 Å². The van der Waals surface area contributed by atoms with Crippen LogP contribution in [0.3, 0.4) is 0 Å². The van der Waals surface area contributed by atoms with E-state index in [0.717, 1.165) is 81.0 Å². The van der Waals surface area contributed by atoms with Gasteiger partial charge in [-0.2, -0.15) is 0 Å². The normalized spacial score (nSPS) is 17.6. The average Bonchev–Trinajstić information content (AvgIpc) is 3.74. The molecule has 0 radical (unpaired) electrons. The van der Waals surface area contributed by atoms with Crippen molar-refractivity contribution in [1.82, 2.24) is 29.7 Å². The van der Waals surface area contributed by atoms with Gasteiger partial charge < -0.3 is 35.2 Å². The predicted molar refractivity (Wildman–Crippen MR) is 219 cm³/mol. The molecule has 59 heavy (non-hydrogen) atoms. The van der Waals surface area contributed by atoms with E-state index in [9.17, 15) is 24.3 Å². The lowest BCUT2D eigenvalue weighted by atomic mass is 9.96. The summed E-state index contributed by atoms with van der Waals surface area (Å²) < 4.78 is 10.5. The van der Waals surface area contributed by atoms with Crippen molar-refractivity contribution in [2.24, 2.45) is 11.7 Å². The molecular formula is C41H44Cl3N7O8. The topological polar surface area (TPSA) is 211 Å². The number of carboxylic acids is 2. The van der Waals surface area contributed by atoms with Crippen LogP contribution in [-0.2, 0) is 38.6 Å². The number of carbonyl (C=O) groups is 4. The number of nitrogens with zero attached hydrogens (tertiary/aromatic N) is 6. The summed E-state index contributed by atoms with van der Waals surface area (Å²) in [4.78, 5) is 67.1. The highest BCUT2D eigenvalue weighted by Crippen LogP contribution is 2.34. The Balaban J connectivity index is 0.000000173. The maximum atomic E-state index is 12.7. The number of halogens is 3. The summed E-state index contributed by atoms with van der Waals surface area (Å²) in [5.41, 5.74) is 10.4. The number of amides is 2. The summed E-state index contributed by atoms with van der Waals surface area (Å²) in [7, 11) is 0. The van der Waals surface area contributed by atoms with Gasteiger partial charge in [-0.25, -0.2) is 29.5 Å². The van der Waals surface area contributed by atoms with E-state index in [2.05, 4.69) is 19.9 Å². The zero-order valence-electron chi connectivity index (χ0n) is 32.4. The third-order valence-electron chi connectivity index (χ3n) is 10.7. The summed E-state index contributed by atoms with van der Waals surface area (Å²) in [6.07, 6.45) is 7.83. The molecule has 2 saturated heterocycles. The van der Waals surface area contributed by atoms with Crippen LogP contribution in [0.5, 0.6) is 0 Å². The number of aliphatic carboxylic acids is 2. The Bertz CT molecular complexity index is 2220. The van der Waals surface area contributed by atoms with Crippen molar-refractivity contribution in [2.75, 3.05) is 26.4 Å². The van der Waals surface area contributed by atoms with Gasteiger partial charge in [-0.15, -0.1) is 0 Å². The van der Waals surface area contributed by atoms with Crippen molar-refractivity contribution in [3.8, 4) is 22.5 Å². The molecule has 2 aromatic carbocycles. The van der Waals surface area contributed by atoms with Gasteiger partial charge >= 0.3 is 11.9 Å². The molecule has 312 valence electrons. The molecule has 2 aromatic heterocycles. The third-order valence-corrected chi connectivity index (χ3v) is 11.4. The average molecular weight is 869 g/mol. The molecular weight excluding hydrogens is 825 g/mol. The van der Waals surface area contributed by atoms with E-state index in [1.165, 1.54) is 29.8 Å². The molecule has 6 heterocycles.